The Balaban J connectivity index is 0.000000217. The Hall–Kier alpha value is -2.43. The van der Waals surface area contributed by atoms with Gasteiger partial charge in [0.2, 0.25) is 0 Å². The fourth-order valence-electron chi connectivity index (χ4n) is 5.61. The number of nitrogens with zero attached hydrogens (tertiary/aromatic N) is 4. The lowest BCUT2D eigenvalue weighted by Gasteiger charge is -2.37. The second kappa shape index (κ2) is 15.7. The first-order valence-corrected chi connectivity index (χ1v) is 19.5. The van der Waals surface area contributed by atoms with Crippen LogP contribution in [0.4, 0.5) is 11.6 Å². The molecule has 0 bridgehead atoms. The quantitative estimate of drug-likeness (QED) is 0.145. The molecular formula is C24H33N6O17P3-4. The number of rotatable bonds is 10. The minimum absolute atomic E-state index is 0.134. The summed E-state index contributed by atoms with van der Waals surface area (Å²) in [4.78, 5) is 75.4. The molecular weight excluding hydrogens is 737 g/mol. The molecule has 2 fully saturated rings. The number of anilines is 2. The summed E-state index contributed by atoms with van der Waals surface area (Å²) in [5.41, 5.74) is 0.663. The van der Waals surface area contributed by atoms with E-state index in [9.17, 15) is 53.1 Å². The molecule has 8 atom stereocenters. The summed E-state index contributed by atoms with van der Waals surface area (Å²) in [5, 5.41) is 34.9. The van der Waals surface area contributed by atoms with E-state index in [-0.39, 0.29) is 13.0 Å². The van der Waals surface area contributed by atoms with Gasteiger partial charge in [-0.25, -0.2) is 13.9 Å². The van der Waals surface area contributed by atoms with Gasteiger partial charge >= 0.3 is 11.4 Å². The van der Waals surface area contributed by atoms with Crippen LogP contribution in [0.15, 0.2) is 22.0 Å². The predicted octanol–water partition coefficient (Wildman–Crippen LogP) is -3.69. The van der Waals surface area contributed by atoms with Gasteiger partial charge in [0, 0.05) is 49.5 Å². The topological polar surface area (TPSA) is 344 Å². The number of aromatic nitrogens is 4. The van der Waals surface area contributed by atoms with E-state index in [0.717, 1.165) is 41.5 Å². The van der Waals surface area contributed by atoms with E-state index in [1.54, 1.807) is 6.20 Å². The zero-order chi connectivity index (χ0) is 36.4. The lowest BCUT2D eigenvalue weighted by Crippen LogP contribution is -2.31. The highest BCUT2D eigenvalue weighted by Crippen LogP contribution is 2.60. The lowest BCUT2D eigenvalue weighted by atomic mass is 10.1. The van der Waals surface area contributed by atoms with Crippen molar-refractivity contribution in [2.24, 2.45) is 0 Å². The number of hydrogen-bond acceptors (Lipinski definition) is 21. The first-order valence-electron chi connectivity index (χ1n) is 15.1. The summed E-state index contributed by atoms with van der Waals surface area (Å²) < 4.78 is 57.2. The van der Waals surface area contributed by atoms with Crippen molar-refractivity contribution in [3.63, 3.8) is 0 Å². The molecule has 0 aromatic carbocycles. The second-order valence-electron chi connectivity index (χ2n) is 11.5. The largest absolute Gasteiger partial charge is 0.790 e. The van der Waals surface area contributed by atoms with Gasteiger partial charge in [0.25, 0.3) is 15.6 Å². The van der Waals surface area contributed by atoms with E-state index in [4.69, 9.17) is 14.6 Å². The number of phosphoric acid groups is 3. The minimum atomic E-state index is -6.10. The third-order valence-corrected chi connectivity index (χ3v) is 11.6. The average Bonchev–Trinajstić information content (AvgIpc) is 3.59. The van der Waals surface area contributed by atoms with Crippen LogP contribution in [0, 0.1) is 0 Å². The monoisotopic (exact) mass is 770 g/mol. The Morgan fingerprint density at radius 1 is 0.800 bits per heavy atom. The summed E-state index contributed by atoms with van der Waals surface area (Å²) in [5.74, 6) is 1.09. The van der Waals surface area contributed by atoms with Crippen LogP contribution in [-0.2, 0) is 49.2 Å². The molecule has 280 valence electrons. The minimum Gasteiger partial charge on any atom is -0.790 e. The van der Waals surface area contributed by atoms with Gasteiger partial charge in [0.05, 0.1) is 33.2 Å². The van der Waals surface area contributed by atoms with Crippen molar-refractivity contribution in [3.05, 3.63) is 44.5 Å². The van der Waals surface area contributed by atoms with Crippen molar-refractivity contribution in [3.8, 4) is 0 Å². The highest BCUT2D eigenvalue weighted by molar-refractivity contribution is 7.64. The van der Waals surface area contributed by atoms with Crippen LogP contribution in [0.3, 0.4) is 0 Å². The number of ether oxygens (including phenoxy) is 2. The molecule has 0 saturated carbocycles. The molecule has 6 heterocycles. The van der Waals surface area contributed by atoms with Crippen LogP contribution >= 0.6 is 23.5 Å². The number of hydrogen-bond donors (Lipinski definition) is 5. The highest BCUT2D eigenvalue weighted by Gasteiger charge is 2.38. The second-order valence-corrected chi connectivity index (χ2v) is 15.8. The zero-order valence-electron chi connectivity index (χ0n) is 25.9. The normalized spacial score (nSPS) is 28.5. The molecule has 23 nitrogen and oxygen atoms in total. The number of phosphoric ester groups is 1. The van der Waals surface area contributed by atoms with Crippen molar-refractivity contribution in [1.29, 1.82) is 0 Å². The molecule has 4 aliphatic heterocycles. The summed E-state index contributed by atoms with van der Waals surface area (Å²) in [6.45, 7) is 0.294. The maximum atomic E-state index is 12.2. The average molecular weight is 770 g/mol. The van der Waals surface area contributed by atoms with Crippen molar-refractivity contribution in [1.82, 2.24) is 19.1 Å². The van der Waals surface area contributed by atoms with Gasteiger partial charge in [-0.3, -0.25) is 22.6 Å². The molecule has 2 saturated heterocycles. The van der Waals surface area contributed by atoms with Crippen LogP contribution in [0.5, 0.6) is 0 Å². The summed E-state index contributed by atoms with van der Waals surface area (Å²) >= 11 is 0. The first-order chi connectivity index (χ1) is 23.4. The summed E-state index contributed by atoms with van der Waals surface area (Å²) in [6.07, 6.45) is 1.16. The lowest BCUT2D eigenvalue weighted by molar-refractivity contribution is -0.339. The third-order valence-electron chi connectivity index (χ3n) is 7.89. The summed E-state index contributed by atoms with van der Waals surface area (Å²) in [6, 6.07) is 0. The Labute approximate surface area is 282 Å². The summed E-state index contributed by atoms with van der Waals surface area (Å²) in [7, 11) is -17.9. The maximum Gasteiger partial charge on any atom is 0.351 e. The Morgan fingerprint density at radius 3 is 1.74 bits per heavy atom. The molecule has 5 N–H and O–H groups in total. The van der Waals surface area contributed by atoms with Crippen molar-refractivity contribution in [2.45, 2.75) is 75.4 Å². The number of aryl methyl sites for hydroxylation is 2. The van der Waals surface area contributed by atoms with Crippen molar-refractivity contribution >= 4 is 35.1 Å². The molecule has 0 spiro atoms. The zero-order valence-corrected chi connectivity index (χ0v) is 28.6. The molecule has 0 radical (unpaired) electrons. The molecule has 26 heteroatoms. The molecule has 0 amide bonds. The Bertz CT molecular complexity index is 1800. The maximum absolute atomic E-state index is 12.2. The molecule has 6 rings (SSSR count). The number of nitrogens with one attached hydrogen (secondary N) is 2. The smallest absolute Gasteiger partial charge is 0.351 e. The van der Waals surface area contributed by atoms with Gasteiger partial charge in [0.15, 0.2) is 0 Å². The van der Waals surface area contributed by atoms with Gasteiger partial charge in [-0.15, -0.1) is 0 Å². The van der Waals surface area contributed by atoms with Crippen LogP contribution in [0.25, 0.3) is 0 Å². The molecule has 2 aromatic rings. The highest BCUT2D eigenvalue weighted by atomic mass is 31.3. The number of fused-ring (bicyclic) bond motifs is 2. The van der Waals surface area contributed by atoms with Gasteiger partial charge in [-0.05, 0) is 25.7 Å². The van der Waals surface area contributed by atoms with Gasteiger partial charge in [-0.1, -0.05) is 0 Å². The van der Waals surface area contributed by atoms with Crippen molar-refractivity contribution < 1.29 is 71.2 Å². The number of aliphatic hydroxyl groups excluding tert-OH is 3. The SMILES string of the molecule is O=c1nc2c(cn1C1CC(O)C(CO)O1)CCCN2.O=c1nc2c(cn1C1CC(O)C(COP(=O)([O-])OP(=O)([O-])OP(=O)([O-])[O-])O1)CCCN2. The van der Waals surface area contributed by atoms with Gasteiger partial charge in [-0.2, -0.15) is 9.97 Å². The third kappa shape index (κ3) is 9.91. The fraction of sp³-hybridized carbons (Fsp3) is 0.667. The molecule has 0 aliphatic carbocycles. The molecule has 50 heavy (non-hydrogen) atoms. The van der Waals surface area contributed by atoms with E-state index in [1.807, 2.05) is 0 Å². The van der Waals surface area contributed by atoms with Crippen LogP contribution < -0.4 is 41.6 Å². The van der Waals surface area contributed by atoms with Crippen molar-refractivity contribution in [2.75, 3.05) is 36.9 Å². The van der Waals surface area contributed by atoms with E-state index >= 15 is 0 Å². The molecule has 8 unspecified atom stereocenters. The molecule has 4 aliphatic rings. The van der Waals surface area contributed by atoms with Crippen LogP contribution in [-0.4, -0.2) is 85.1 Å². The molecule has 2 aromatic heterocycles. The standard InChI is InChI=1S/C12H20N3O13P3.C12H17N3O4/c16-8-4-10(15-5-7-2-1-3-13-11(7)14-12(15)17)26-9(8)6-25-30(21,22)28-31(23,24)27-29(18,19)20;16-6-9-8(17)4-10(19-9)15-5-7-2-1-3-13-11(7)14-12(15)18/h5,8-10,16H,1-4,6H2,(H,21,22)(H,23,24)(H,13,14,17)(H2,18,19,20);5,8-10,16-17H,1-4,6H2,(H,13,14,18)/p-4. The van der Waals surface area contributed by atoms with Crippen LogP contribution in [0.2, 0.25) is 0 Å². The Morgan fingerprint density at radius 2 is 1.28 bits per heavy atom. The van der Waals surface area contributed by atoms with E-state index < -0.39 is 78.3 Å². The Kier molecular flexibility index (Phi) is 12.2. The number of aliphatic hydroxyl groups is 3. The fourth-order valence-corrected chi connectivity index (χ4v) is 8.47. The van der Waals surface area contributed by atoms with E-state index in [0.29, 0.717) is 31.0 Å². The predicted molar refractivity (Wildman–Crippen MR) is 158 cm³/mol. The van der Waals surface area contributed by atoms with E-state index in [2.05, 4.69) is 33.7 Å². The van der Waals surface area contributed by atoms with E-state index in [1.165, 1.54) is 10.8 Å². The first kappa shape index (κ1) is 38.8. The van der Waals surface area contributed by atoms with Crippen LogP contribution in [0.1, 0.15) is 49.3 Å². The van der Waals surface area contributed by atoms with Gasteiger partial charge < -0.3 is 64.1 Å². The van der Waals surface area contributed by atoms with Gasteiger partial charge in [0.1, 0.15) is 36.3 Å².